The normalized spacial score (nSPS) is 6.57. The van der Waals surface area contributed by atoms with Crippen molar-refractivity contribution in [3.05, 3.63) is 0 Å². The van der Waals surface area contributed by atoms with Crippen LogP contribution in [0.2, 0.25) is 0 Å². The van der Waals surface area contributed by atoms with Gasteiger partial charge in [0.25, 0.3) is 0 Å². The average molecular weight is 321 g/mol. The second-order valence-electron chi connectivity index (χ2n) is 0.355. The van der Waals surface area contributed by atoms with Crippen LogP contribution in [0.1, 0.15) is 0 Å². The molecule has 0 aliphatic heterocycles. The summed E-state index contributed by atoms with van der Waals surface area (Å²) in [4.78, 5) is 8.33. The average Bonchev–Trinajstić information content (AvgIpc) is 1.33. The van der Waals surface area contributed by atoms with Crippen molar-refractivity contribution in [1.29, 1.82) is 0 Å². The number of carbonyl (C=O) groups excluding carboxylic acids is 1. The Bertz CT molecular complexity index is 44.2. The van der Waals surface area contributed by atoms with Crippen molar-refractivity contribution >= 4 is 20.8 Å². The summed E-state index contributed by atoms with van der Waals surface area (Å²) >= 11 is 0.417. The van der Waals surface area contributed by atoms with Crippen molar-refractivity contribution in [3.8, 4) is 0 Å². The molecule has 6 heteroatoms. The van der Waals surface area contributed by atoms with E-state index >= 15 is 0 Å². The molecule has 0 N–H and O–H groups in total. The molecule has 0 aromatic rings. The zero-order chi connectivity index (χ0) is 6.28. The van der Waals surface area contributed by atoms with Crippen LogP contribution in [0.15, 0.2) is 0 Å². The fourth-order valence-corrected chi connectivity index (χ4v) is 0. The van der Waals surface area contributed by atoms with E-state index in [9.17, 15) is 0 Å². The number of rotatable bonds is 0. The summed E-state index contributed by atoms with van der Waals surface area (Å²) in [5.74, 6) is 0. The Morgan fingerprint density at radius 1 is 1.43 bits per heavy atom. The van der Waals surface area contributed by atoms with Gasteiger partial charge in [-0.05, 0) is 6.16 Å². The molecule has 0 saturated heterocycles. The van der Waals surface area contributed by atoms with Crippen molar-refractivity contribution < 1.29 is 32.6 Å². The summed E-state index contributed by atoms with van der Waals surface area (Å²) in [6, 6.07) is 0. The zero-order valence-electron chi connectivity index (χ0n) is 3.20. The monoisotopic (exact) mass is 321 g/mol. The fourth-order valence-electron chi connectivity index (χ4n) is 0. The predicted molar refractivity (Wildman–Crippen MR) is 24.8 cm³/mol. The molecule has 0 amide bonds. The van der Waals surface area contributed by atoms with Crippen LogP contribution in [-0.4, -0.2) is 6.16 Å². The molecule has 0 aromatic heterocycles. The molecule has 0 aliphatic rings. The maximum atomic E-state index is 8.33. The van der Waals surface area contributed by atoms with Crippen LogP contribution in [0.25, 0.3) is 0 Å². The molecule has 0 heterocycles. The molecule has 0 spiro atoms. The Hall–Kier alpha value is 0.818. The molecular formula is CH4O3P2Pt. The minimum absolute atomic E-state index is 0.417. The quantitative estimate of drug-likeness (QED) is 0.495. The number of carbonyl (C=O) groups is 1. The number of hydrogen-bond acceptors (Lipinski definition) is 3. The fraction of sp³-hybridized carbons (Fsp3) is 0. The Labute approximate surface area is 53.7 Å². The van der Waals surface area contributed by atoms with E-state index in [-0.39, 0.29) is 0 Å². The van der Waals surface area contributed by atoms with Gasteiger partial charge in [0.05, 0.1) is 0 Å². The summed E-state index contributed by atoms with van der Waals surface area (Å²) < 4.78 is 0. The first-order valence-electron chi connectivity index (χ1n) is 0.978. The Kier molecular flexibility index (Phi) is 15.2. The summed E-state index contributed by atoms with van der Waals surface area (Å²) in [5.41, 5.74) is 0. The molecule has 0 aliphatic carbocycles. The van der Waals surface area contributed by atoms with Gasteiger partial charge in [-0.3, -0.25) is 0 Å². The third kappa shape index (κ3) is 236. The molecule has 0 radical (unpaired) electrons. The summed E-state index contributed by atoms with van der Waals surface area (Å²) in [6.07, 6.45) is -2.33. The zero-order valence-corrected chi connectivity index (χ0v) is 7.78. The minimum atomic E-state index is -2.33. The maximum absolute atomic E-state index is 8.33. The van der Waals surface area contributed by atoms with E-state index < -0.39 is 6.16 Å². The van der Waals surface area contributed by atoms with Crippen LogP contribution in [0.5, 0.6) is 0 Å². The second kappa shape index (κ2) is 9.94. The standard InChI is InChI=1S/CH2O3.2H2P.Pt/c2-1(3)4;;;/h(H2,2,3,4);2*1H2;/q;2*-1;+4/p-2. The molecule has 3 nitrogen and oxygen atoms in total. The van der Waals surface area contributed by atoms with Gasteiger partial charge >= 0.3 is 32.2 Å². The van der Waals surface area contributed by atoms with E-state index in [4.69, 9.17) is 15.0 Å². The van der Waals surface area contributed by atoms with Gasteiger partial charge in [-0.2, -0.15) is 0 Å². The number of carboxylic acid groups (broad SMARTS) is 2. The van der Waals surface area contributed by atoms with Crippen LogP contribution in [0.3, 0.4) is 0 Å². The molecule has 0 fully saturated rings. The molecule has 0 saturated carbocycles. The van der Waals surface area contributed by atoms with Gasteiger partial charge in [0.2, 0.25) is 0 Å². The molecule has 0 bridgehead atoms. The van der Waals surface area contributed by atoms with Gasteiger partial charge in [0.1, 0.15) is 0 Å². The SMILES string of the molecule is O=C([O-])[O-].[PH2][Pt+2][PH2]. The van der Waals surface area contributed by atoms with E-state index in [1.807, 2.05) is 0 Å². The first-order chi connectivity index (χ1) is 3.15. The van der Waals surface area contributed by atoms with E-state index in [1.54, 1.807) is 0 Å². The second-order valence-corrected chi connectivity index (χ2v) is 8.02. The third-order valence-electron chi connectivity index (χ3n) is 0. The van der Waals surface area contributed by atoms with Crippen molar-refractivity contribution in [2.75, 3.05) is 0 Å². The first-order valence-corrected chi connectivity index (χ1v) is 9.58. The van der Waals surface area contributed by atoms with Crippen LogP contribution in [0, 0.1) is 0 Å². The topological polar surface area (TPSA) is 63.2 Å². The molecule has 2 atom stereocenters. The molecule has 2 unspecified atom stereocenters. The molecule has 0 aromatic carbocycles. The van der Waals surface area contributed by atoms with Crippen LogP contribution < -0.4 is 10.2 Å². The van der Waals surface area contributed by atoms with Crippen molar-refractivity contribution in [2.45, 2.75) is 0 Å². The Morgan fingerprint density at radius 3 is 1.43 bits per heavy atom. The van der Waals surface area contributed by atoms with Gasteiger partial charge < -0.3 is 15.0 Å². The van der Waals surface area contributed by atoms with E-state index in [1.165, 1.54) is 0 Å². The van der Waals surface area contributed by atoms with Crippen LogP contribution >= 0.6 is 14.7 Å². The van der Waals surface area contributed by atoms with Gasteiger partial charge in [-0.15, -0.1) is 0 Å². The molecule has 7 heavy (non-hydrogen) atoms. The van der Waals surface area contributed by atoms with Crippen molar-refractivity contribution in [2.24, 2.45) is 0 Å². The van der Waals surface area contributed by atoms with Gasteiger partial charge in [0.15, 0.2) is 0 Å². The van der Waals surface area contributed by atoms with Crippen molar-refractivity contribution in [1.82, 2.24) is 0 Å². The van der Waals surface area contributed by atoms with Gasteiger partial charge in [-0.1, -0.05) is 0 Å². The first kappa shape index (κ1) is 10.7. The molecular weight excluding hydrogens is 317 g/mol. The van der Waals surface area contributed by atoms with Gasteiger partial charge in [-0.25, -0.2) is 0 Å². The van der Waals surface area contributed by atoms with E-state index in [0.717, 1.165) is 0 Å². The molecule has 0 rings (SSSR count). The van der Waals surface area contributed by atoms with E-state index in [0.29, 0.717) is 17.5 Å². The number of hydrogen-bond donors (Lipinski definition) is 0. The Balaban J connectivity index is 0. The van der Waals surface area contributed by atoms with Crippen LogP contribution in [-0.2, 0) is 17.5 Å². The van der Waals surface area contributed by atoms with E-state index in [2.05, 4.69) is 14.7 Å². The predicted octanol–water partition coefficient (Wildman–Crippen LogP) is -1.80. The van der Waals surface area contributed by atoms with Crippen LogP contribution in [0.4, 0.5) is 4.79 Å². The Morgan fingerprint density at radius 2 is 1.43 bits per heavy atom. The molecule has 46 valence electrons. The van der Waals surface area contributed by atoms with Gasteiger partial charge in [0, 0.05) is 0 Å². The summed E-state index contributed by atoms with van der Waals surface area (Å²) in [7, 11) is 5.31. The summed E-state index contributed by atoms with van der Waals surface area (Å²) in [5, 5.41) is 16.7. The third-order valence-corrected chi connectivity index (χ3v) is 0. The van der Waals surface area contributed by atoms with Crippen molar-refractivity contribution in [3.63, 3.8) is 0 Å². The summed E-state index contributed by atoms with van der Waals surface area (Å²) in [6.45, 7) is 0.